The fourth-order valence-electron chi connectivity index (χ4n) is 1.77. The van der Waals surface area contributed by atoms with Gasteiger partial charge in [0.05, 0.1) is 17.1 Å². The SMILES string of the molecule is CN(C)C(C)(C)COc1cc(CCl)nc2ccccc12. The molecule has 0 aliphatic carbocycles. The lowest BCUT2D eigenvalue weighted by atomic mass is 10.1. The van der Waals surface area contributed by atoms with E-state index in [1.807, 2.05) is 30.3 Å². The van der Waals surface area contributed by atoms with Gasteiger partial charge in [0.25, 0.3) is 0 Å². The van der Waals surface area contributed by atoms with Gasteiger partial charge in [-0.2, -0.15) is 0 Å². The van der Waals surface area contributed by atoms with E-state index in [4.69, 9.17) is 16.3 Å². The quantitative estimate of drug-likeness (QED) is 0.786. The molecule has 1 heterocycles. The Bertz CT molecular complexity index is 596. The average molecular weight is 293 g/mol. The highest BCUT2D eigenvalue weighted by molar-refractivity contribution is 6.17. The summed E-state index contributed by atoms with van der Waals surface area (Å²) in [5.74, 6) is 1.24. The first-order valence-corrected chi connectivity index (χ1v) is 7.22. The Labute approximate surface area is 125 Å². The molecule has 0 bridgehead atoms. The van der Waals surface area contributed by atoms with Crippen molar-refractivity contribution in [3.63, 3.8) is 0 Å². The molecular formula is C16H21ClN2O. The van der Waals surface area contributed by atoms with Gasteiger partial charge in [-0.25, -0.2) is 0 Å². The predicted octanol–water partition coefficient (Wildman–Crippen LogP) is 3.69. The summed E-state index contributed by atoms with van der Waals surface area (Å²) < 4.78 is 6.05. The first-order chi connectivity index (χ1) is 9.44. The van der Waals surface area contributed by atoms with Crippen molar-refractivity contribution in [3.05, 3.63) is 36.0 Å². The summed E-state index contributed by atoms with van der Waals surface area (Å²) in [4.78, 5) is 6.66. The molecule has 0 fully saturated rings. The van der Waals surface area contributed by atoms with E-state index in [1.54, 1.807) is 0 Å². The molecule has 0 amide bonds. The topological polar surface area (TPSA) is 25.4 Å². The number of para-hydroxylation sites is 1. The van der Waals surface area contributed by atoms with Crippen LogP contribution in [-0.2, 0) is 5.88 Å². The van der Waals surface area contributed by atoms with Crippen LogP contribution in [-0.4, -0.2) is 36.1 Å². The molecule has 0 spiro atoms. The summed E-state index contributed by atoms with van der Waals surface area (Å²) in [6.45, 7) is 4.91. The van der Waals surface area contributed by atoms with Crippen LogP contribution in [0.15, 0.2) is 30.3 Å². The molecule has 0 N–H and O–H groups in total. The van der Waals surface area contributed by atoms with E-state index in [1.165, 1.54) is 0 Å². The Balaban J connectivity index is 2.33. The van der Waals surface area contributed by atoms with Crippen LogP contribution in [0.3, 0.4) is 0 Å². The fourth-order valence-corrected chi connectivity index (χ4v) is 1.90. The molecule has 0 saturated carbocycles. The van der Waals surface area contributed by atoms with Crippen LogP contribution in [0.4, 0.5) is 0 Å². The third kappa shape index (κ3) is 3.22. The third-order valence-electron chi connectivity index (χ3n) is 3.66. The van der Waals surface area contributed by atoms with Crippen molar-refractivity contribution in [1.82, 2.24) is 9.88 Å². The number of ether oxygens (including phenoxy) is 1. The van der Waals surface area contributed by atoms with Crippen molar-refractivity contribution < 1.29 is 4.74 Å². The third-order valence-corrected chi connectivity index (χ3v) is 3.93. The number of likely N-dealkylation sites (N-methyl/N-ethyl adjacent to an activating group) is 1. The Morgan fingerprint density at radius 3 is 2.60 bits per heavy atom. The second-order valence-corrected chi connectivity index (χ2v) is 6.03. The normalized spacial score (nSPS) is 12.1. The number of benzene rings is 1. The Hall–Kier alpha value is -1.32. The average Bonchev–Trinajstić information content (AvgIpc) is 2.44. The summed E-state index contributed by atoms with van der Waals surface area (Å²) in [6.07, 6.45) is 0. The van der Waals surface area contributed by atoms with Gasteiger partial charge in [0, 0.05) is 17.0 Å². The maximum absolute atomic E-state index is 6.05. The molecule has 0 aliphatic rings. The van der Waals surface area contributed by atoms with Crippen molar-refractivity contribution in [2.24, 2.45) is 0 Å². The number of hydrogen-bond donors (Lipinski definition) is 0. The Morgan fingerprint density at radius 2 is 1.95 bits per heavy atom. The van der Waals surface area contributed by atoms with Crippen molar-refractivity contribution in [2.45, 2.75) is 25.3 Å². The number of aromatic nitrogens is 1. The summed E-state index contributed by atoms with van der Waals surface area (Å²) in [7, 11) is 4.11. The van der Waals surface area contributed by atoms with E-state index in [2.05, 4.69) is 37.8 Å². The van der Waals surface area contributed by atoms with Gasteiger partial charge in [0.1, 0.15) is 12.4 Å². The van der Waals surface area contributed by atoms with Crippen molar-refractivity contribution in [3.8, 4) is 5.75 Å². The first-order valence-electron chi connectivity index (χ1n) is 6.69. The van der Waals surface area contributed by atoms with Gasteiger partial charge in [-0.1, -0.05) is 12.1 Å². The standard InChI is InChI=1S/C16H21ClN2O/c1-16(2,19(3)4)11-20-15-9-12(10-17)18-14-8-6-5-7-13(14)15/h5-9H,10-11H2,1-4H3. The molecule has 20 heavy (non-hydrogen) atoms. The summed E-state index contributed by atoms with van der Waals surface area (Å²) in [5.41, 5.74) is 1.72. The van der Waals surface area contributed by atoms with Gasteiger partial charge in [-0.05, 0) is 40.1 Å². The van der Waals surface area contributed by atoms with Crippen LogP contribution in [0.25, 0.3) is 10.9 Å². The highest BCUT2D eigenvalue weighted by Crippen LogP contribution is 2.27. The van der Waals surface area contributed by atoms with E-state index in [9.17, 15) is 0 Å². The summed E-state index contributed by atoms with van der Waals surface area (Å²) in [5, 5.41) is 1.02. The zero-order chi connectivity index (χ0) is 14.8. The molecule has 0 aliphatic heterocycles. The molecule has 2 rings (SSSR count). The number of fused-ring (bicyclic) bond motifs is 1. The molecule has 1 aromatic heterocycles. The molecule has 0 radical (unpaired) electrons. The lowest BCUT2D eigenvalue weighted by Crippen LogP contribution is -2.43. The minimum absolute atomic E-state index is 0.0362. The molecule has 2 aromatic rings. The van der Waals surface area contributed by atoms with Crippen LogP contribution < -0.4 is 4.74 Å². The van der Waals surface area contributed by atoms with E-state index < -0.39 is 0 Å². The van der Waals surface area contributed by atoms with Gasteiger partial charge in [-0.3, -0.25) is 4.98 Å². The van der Waals surface area contributed by atoms with Crippen LogP contribution in [0, 0.1) is 0 Å². The first kappa shape index (κ1) is 15.1. The summed E-state index contributed by atoms with van der Waals surface area (Å²) in [6, 6.07) is 9.91. The maximum Gasteiger partial charge on any atom is 0.130 e. The largest absolute Gasteiger partial charge is 0.491 e. The zero-order valence-electron chi connectivity index (χ0n) is 12.5. The minimum Gasteiger partial charge on any atom is -0.491 e. The monoisotopic (exact) mass is 292 g/mol. The van der Waals surface area contributed by atoms with Crippen molar-refractivity contribution >= 4 is 22.5 Å². The van der Waals surface area contributed by atoms with Crippen LogP contribution in [0.5, 0.6) is 5.75 Å². The molecule has 0 saturated heterocycles. The molecule has 4 heteroatoms. The second kappa shape index (κ2) is 5.98. The maximum atomic E-state index is 6.05. The van der Waals surface area contributed by atoms with Crippen LogP contribution in [0.1, 0.15) is 19.5 Å². The lowest BCUT2D eigenvalue weighted by Gasteiger charge is -2.32. The second-order valence-electron chi connectivity index (χ2n) is 5.76. The van der Waals surface area contributed by atoms with Crippen molar-refractivity contribution in [2.75, 3.05) is 20.7 Å². The van der Waals surface area contributed by atoms with Gasteiger partial charge >= 0.3 is 0 Å². The number of halogens is 1. The Kier molecular flexibility index (Phi) is 4.51. The van der Waals surface area contributed by atoms with E-state index in [0.717, 1.165) is 22.3 Å². The molecule has 0 atom stereocenters. The minimum atomic E-state index is -0.0362. The fraction of sp³-hybridized carbons (Fsp3) is 0.438. The molecule has 3 nitrogen and oxygen atoms in total. The van der Waals surface area contributed by atoms with Crippen LogP contribution in [0.2, 0.25) is 0 Å². The highest BCUT2D eigenvalue weighted by Gasteiger charge is 2.22. The van der Waals surface area contributed by atoms with E-state index in [-0.39, 0.29) is 5.54 Å². The lowest BCUT2D eigenvalue weighted by molar-refractivity contribution is 0.115. The smallest absolute Gasteiger partial charge is 0.130 e. The van der Waals surface area contributed by atoms with Gasteiger partial charge in [0.2, 0.25) is 0 Å². The van der Waals surface area contributed by atoms with Gasteiger partial charge < -0.3 is 9.64 Å². The molecular weight excluding hydrogens is 272 g/mol. The molecule has 1 aromatic carbocycles. The predicted molar refractivity (Wildman–Crippen MR) is 84.6 cm³/mol. The van der Waals surface area contributed by atoms with Gasteiger partial charge in [0.15, 0.2) is 0 Å². The number of pyridine rings is 1. The van der Waals surface area contributed by atoms with E-state index >= 15 is 0 Å². The molecule has 0 unspecified atom stereocenters. The molecule has 108 valence electrons. The van der Waals surface area contributed by atoms with Crippen molar-refractivity contribution in [1.29, 1.82) is 0 Å². The number of alkyl halides is 1. The number of rotatable bonds is 5. The highest BCUT2D eigenvalue weighted by atomic mass is 35.5. The Morgan fingerprint density at radius 1 is 1.25 bits per heavy atom. The number of hydrogen-bond acceptors (Lipinski definition) is 3. The zero-order valence-corrected chi connectivity index (χ0v) is 13.2. The summed E-state index contributed by atoms with van der Waals surface area (Å²) >= 11 is 5.91. The number of nitrogens with zero attached hydrogens (tertiary/aromatic N) is 2. The van der Waals surface area contributed by atoms with Gasteiger partial charge in [-0.15, -0.1) is 11.6 Å². The van der Waals surface area contributed by atoms with Crippen LogP contribution >= 0.6 is 11.6 Å². The van der Waals surface area contributed by atoms with E-state index in [0.29, 0.717) is 12.5 Å².